The molecular weight excluding hydrogens is 220 g/mol. The molecule has 0 spiro atoms. The summed E-state index contributed by atoms with van der Waals surface area (Å²) in [6.45, 7) is 0. The van der Waals surface area contributed by atoms with E-state index in [9.17, 15) is 0 Å². The quantitative estimate of drug-likeness (QED) is 0.788. The Morgan fingerprint density at radius 2 is 2.00 bits per heavy atom. The average Bonchev–Trinajstić information content (AvgIpc) is 2.31. The highest BCUT2D eigenvalue weighted by Gasteiger charge is 2.04. The molecule has 2 rings (SSSR count). The lowest BCUT2D eigenvalue weighted by molar-refractivity contribution is 1.29. The molecule has 0 saturated heterocycles. The SMILES string of the molecule is NC(=S)c1ccncc1Nc1cccnc1. The molecule has 0 unspecified atom stereocenters. The standard InChI is InChI=1S/C11H10N4S/c12-11(16)9-3-5-14-7-10(9)15-8-2-1-4-13-6-8/h1-7,15H,(H2,12,16). The lowest BCUT2D eigenvalue weighted by atomic mass is 10.2. The third-order valence-corrected chi connectivity index (χ3v) is 2.25. The maximum Gasteiger partial charge on any atom is 0.106 e. The van der Waals surface area contributed by atoms with Gasteiger partial charge in [0.1, 0.15) is 4.99 Å². The summed E-state index contributed by atoms with van der Waals surface area (Å²) in [7, 11) is 0. The van der Waals surface area contributed by atoms with E-state index >= 15 is 0 Å². The van der Waals surface area contributed by atoms with Crippen molar-refractivity contribution in [2.75, 3.05) is 5.32 Å². The number of thiocarbonyl (C=S) groups is 1. The fourth-order valence-corrected chi connectivity index (χ4v) is 1.48. The van der Waals surface area contributed by atoms with Gasteiger partial charge in [0.2, 0.25) is 0 Å². The highest BCUT2D eigenvalue weighted by Crippen LogP contribution is 2.18. The molecule has 0 bridgehead atoms. The molecule has 16 heavy (non-hydrogen) atoms. The average molecular weight is 230 g/mol. The van der Waals surface area contributed by atoms with E-state index in [1.165, 1.54) is 0 Å². The van der Waals surface area contributed by atoms with Crippen molar-refractivity contribution >= 4 is 28.6 Å². The molecular formula is C11H10N4S. The molecule has 2 aromatic rings. The molecule has 3 N–H and O–H groups in total. The zero-order valence-electron chi connectivity index (χ0n) is 8.42. The van der Waals surface area contributed by atoms with Crippen molar-refractivity contribution in [1.82, 2.24) is 9.97 Å². The Hall–Kier alpha value is -2.01. The van der Waals surface area contributed by atoms with Crippen molar-refractivity contribution < 1.29 is 0 Å². The summed E-state index contributed by atoms with van der Waals surface area (Å²) in [6, 6.07) is 5.53. The molecule has 0 aliphatic heterocycles. The highest BCUT2D eigenvalue weighted by atomic mass is 32.1. The molecule has 0 amide bonds. The van der Waals surface area contributed by atoms with E-state index in [0.29, 0.717) is 4.99 Å². The van der Waals surface area contributed by atoms with E-state index in [-0.39, 0.29) is 0 Å². The van der Waals surface area contributed by atoms with E-state index in [1.54, 1.807) is 30.9 Å². The molecule has 0 radical (unpaired) electrons. The van der Waals surface area contributed by atoms with Gasteiger partial charge in [-0.05, 0) is 18.2 Å². The molecule has 2 heterocycles. The van der Waals surface area contributed by atoms with Crippen molar-refractivity contribution in [3.8, 4) is 0 Å². The molecule has 5 heteroatoms. The molecule has 4 nitrogen and oxygen atoms in total. The number of aromatic nitrogens is 2. The zero-order valence-corrected chi connectivity index (χ0v) is 9.24. The van der Waals surface area contributed by atoms with E-state index in [0.717, 1.165) is 16.9 Å². The van der Waals surface area contributed by atoms with Gasteiger partial charge in [0, 0.05) is 18.0 Å². The maximum atomic E-state index is 5.62. The van der Waals surface area contributed by atoms with E-state index in [4.69, 9.17) is 18.0 Å². The normalized spacial score (nSPS) is 9.75. The lowest BCUT2D eigenvalue weighted by Gasteiger charge is -2.09. The van der Waals surface area contributed by atoms with Gasteiger partial charge >= 0.3 is 0 Å². The van der Waals surface area contributed by atoms with Gasteiger partial charge in [-0.1, -0.05) is 12.2 Å². The van der Waals surface area contributed by atoms with Gasteiger partial charge in [0.05, 0.1) is 23.8 Å². The zero-order chi connectivity index (χ0) is 11.4. The third kappa shape index (κ3) is 2.32. The van der Waals surface area contributed by atoms with Crippen LogP contribution in [0.25, 0.3) is 0 Å². The van der Waals surface area contributed by atoms with E-state index in [1.807, 2.05) is 12.1 Å². The van der Waals surface area contributed by atoms with Gasteiger partial charge in [-0.3, -0.25) is 9.97 Å². The van der Waals surface area contributed by atoms with Crippen molar-refractivity contribution in [3.63, 3.8) is 0 Å². The fraction of sp³-hybridized carbons (Fsp3) is 0. The molecule has 80 valence electrons. The summed E-state index contributed by atoms with van der Waals surface area (Å²) in [4.78, 5) is 8.38. The summed E-state index contributed by atoms with van der Waals surface area (Å²) in [6.07, 6.45) is 6.77. The molecule has 0 aliphatic rings. The summed E-state index contributed by atoms with van der Waals surface area (Å²) in [5, 5.41) is 3.16. The molecule has 2 aromatic heterocycles. The monoisotopic (exact) mass is 230 g/mol. The Labute approximate surface area is 98.5 Å². The van der Waals surface area contributed by atoms with Crippen LogP contribution in [0.4, 0.5) is 11.4 Å². The number of anilines is 2. The first-order valence-electron chi connectivity index (χ1n) is 4.68. The van der Waals surface area contributed by atoms with Crippen LogP contribution in [0.2, 0.25) is 0 Å². The summed E-state index contributed by atoms with van der Waals surface area (Å²) in [5.74, 6) is 0. The molecule has 0 saturated carbocycles. The van der Waals surface area contributed by atoms with Gasteiger partial charge in [-0.15, -0.1) is 0 Å². The second-order valence-corrected chi connectivity index (χ2v) is 3.59. The number of hydrogen-bond donors (Lipinski definition) is 2. The van der Waals surface area contributed by atoms with Gasteiger partial charge in [-0.25, -0.2) is 0 Å². The van der Waals surface area contributed by atoms with Gasteiger partial charge < -0.3 is 11.1 Å². The number of nitrogens with zero attached hydrogens (tertiary/aromatic N) is 2. The van der Waals surface area contributed by atoms with Crippen LogP contribution >= 0.6 is 12.2 Å². The lowest BCUT2D eigenvalue weighted by Crippen LogP contribution is -2.12. The Bertz CT molecular complexity index is 498. The van der Waals surface area contributed by atoms with Gasteiger partial charge in [0.15, 0.2) is 0 Å². The van der Waals surface area contributed by atoms with Crippen LogP contribution in [0.1, 0.15) is 5.56 Å². The van der Waals surface area contributed by atoms with E-state index < -0.39 is 0 Å². The Morgan fingerprint density at radius 1 is 1.19 bits per heavy atom. The first-order valence-corrected chi connectivity index (χ1v) is 5.09. The van der Waals surface area contributed by atoms with Crippen molar-refractivity contribution in [2.24, 2.45) is 5.73 Å². The molecule has 0 aliphatic carbocycles. The van der Waals surface area contributed by atoms with Crippen LogP contribution in [-0.2, 0) is 0 Å². The number of rotatable bonds is 3. The van der Waals surface area contributed by atoms with Crippen LogP contribution < -0.4 is 11.1 Å². The maximum absolute atomic E-state index is 5.62. The number of nitrogens with two attached hydrogens (primary N) is 1. The first-order chi connectivity index (χ1) is 7.77. The predicted molar refractivity (Wildman–Crippen MR) is 67.6 cm³/mol. The van der Waals surface area contributed by atoms with E-state index in [2.05, 4.69) is 15.3 Å². The predicted octanol–water partition coefficient (Wildman–Crippen LogP) is 1.85. The second-order valence-electron chi connectivity index (χ2n) is 3.15. The number of nitrogens with one attached hydrogen (secondary N) is 1. The molecule has 0 fully saturated rings. The van der Waals surface area contributed by atoms with Gasteiger partial charge in [-0.2, -0.15) is 0 Å². The third-order valence-electron chi connectivity index (χ3n) is 2.03. The Morgan fingerprint density at radius 3 is 2.69 bits per heavy atom. The van der Waals surface area contributed by atoms with Gasteiger partial charge in [0.25, 0.3) is 0 Å². The molecule has 0 aromatic carbocycles. The summed E-state index contributed by atoms with van der Waals surface area (Å²) < 4.78 is 0. The second kappa shape index (κ2) is 4.67. The van der Waals surface area contributed by atoms with Crippen LogP contribution in [0.5, 0.6) is 0 Å². The van der Waals surface area contributed by atoms with Crippen molar-refractivity contribution in [1.29, 1.82) is 0 Å². The van der Waals surface area contributed by atoms with Crippen LogP contribution in [-0.4, -0.2) is 15.0 Å². The minimum absolute atomic E-state index is 0.341. The smallest absolute Gasteiger partial charge is 0.106 e. The summed E-state index contributed by atoms with van der Waals surface area (Å²) in [5.41, 5.74) is 8.04. The van der Waals surface area contributed by atoms with Crippen molar-refractivity contribution in [3.05, 3.63) is 48.5 Å². The molecule has 0 atom stereocenters. The Balaban J connectivity index is 2.31. The van der Waals surface area contributed by atoms with Crippen LogP contribution in [0.15, 0.2) is 43.0 Å². The van der Waals surface area contributed by atoms with Crippen LogP contribution in [0.3, 0.4) is 0 Å². The first kappa shape index (κ1) is 10.5. The van der Waals surface area contributed by atoms with Crippen molar-refractivity contribution in [2.45, 2.75) is 0 Å². The Kier molecular flexibility index (Phi) is 3.07. The highest BCUT2D eigenvalue weighted by molar-refractivity contribution is 7.80. The minimum Gasteiger partial charge on any atom is -0.389 e. The number of hydrogen-bond acceptors (Lipinski definition) is 4. The fourth-order valence-electron chi connectivity index (χ4n) is 1.30. The topological polar surface area (TPSA) is 63.8 Å². The minimum atomic E-state index is 0.341. The number of pyridine rings is 2. The summed E-state index contributed by atoms with van der Waals surface area (Å²) >= 11 is 4.96. The largest absolute Gasteiger partial charge is 0.389 e. The van der Waals surface area contributed by atoms with Crippen LogP contribution in [0, 0.1) is 0 Å².